The van der Waals surface area contributed by atoms with Gasteiger partial charge in [-0.15, -0.1) is 0 Å². The van der Waals surface area contributed by atoms with Crippen molar-refractivity contribution in [1.82, 2.24) is 10.2 Å². The highest BCUT2D eigenvalue weighted by Gasteiger charge is 2.34. The Morgan fingerprint density at radius 3 is 2.56 bits per heavy atom. The number of para-hydroxylation sites is 1. The zero-order valence-electron chi connectivity index (χ0n) is 13.7. The molecule has 2 aromatic carbocycles. The van der Waals surface area contributed by atoms with Gasteiger partial charge in [-0.3, -0.25) is 4.79 Å². The van der Waals surface area contributed by atoms with E-state index in [0.717, 1.165) is 17.7 Å². The second kappa shape index (κ2) is 8.03. The van der Waals surface area contributed by atoms with Crippen LogP contribution in [0.15, 0.2) is 54.6 Å². The predicted molar refractivity (Wildman–Crippen MR) is 98.5 cm³/mol. The van der Waals surface area contributed by atoms with Crippen LogP contribution in [-0.2, 0) is 11.3 Å². The van der Waals surface area contributed by atoms with Gasteiger partial charge in [0.2, 0.25) is 5.91 Å². The number of halogens is 1. The minimum absolute atomic E-state index is 0.152. The molecule has 130 valence electrons. The molecule has 3 amide bonds. The summed E-state index contributed by atoms with van der Waals surface area (Å²) in [5, 5.41) is 6.34. The van der Waals surface area contributed by atoms with E-state index in [-0.39, 0.29) is 11.9 Å². The second-order valence-electron chi connectivity index (χ2n) is 5.96. The lowest BCUT2D eigenvalue weighted by molar-refractivity contribution is -0.124. The molecule has 0 spiro atoms. The van der Waals surface area contributed by atoms with Crippen molar-refractivity contribution in [3.05, 3.63) is 65.2 Å². The van der Waals surface area contributed by atoms with E-state index < -0.39 is 6.04 Å². The monoisotopic (exact) mass is 357 g/mol. The number of likely N-dealkylation sites (tertiary alicyclic amines) is 1. The van der Waals surface area contributed by atoms with Gasteiger partial charge in [0.1, 0.15) is 6.04 Å². The molecular formula is C19H20ClN3O2. The van der Waals surface area contributed by atoms with Crippen molar-refractivity contribution in [1.29, 1.82) is 0 Å². The van der Waals surface area contributed by atoms with Gasteiger partial charge in [-0.25, -0.2) is 4.79 Å². The summed E-state index contributed by atoms with van der Waals surface area (Å²) in [6.07, 6.45) is 1.48. The van der Waals surface area contributed by atoms with Crippen LogP contribution in [-0.4, -0.2) is 29.4 Å². The Balaban J connectivity index is 1.59. The van der Waals surface area contributed by atoms with Crippen LogP contribution in [0.4, 0.5) is 10.5 Å². The first-order chi connectivity index (χ1) is 12.1. The lowest BCUT2D eigenvalue weighted by Gasteiger charge is -2.24. The van der Waals surface area contributed by atoms with E-state index in [4.69, 9.17) is 11.6 Å². The normalized spacial score (nSPS) is 16.5. The average Bonchev–Trinajstić information content (AvgIpc) is 3.12. The van der Waals surface area contributed by atoms with Gasteiger partial charge < -0.3 is 15.5 Å². The molecule has 0 radical (unpaired) electrons. The molecule has 6 heteroatoms. The highest BCUT2D eigenvalue weighted by molar-refractivity contribution is 6.31. The predicted octanol–water partition coefficient (Wildman–Crippen LogP) is 3.65. The standard InChI is InChI=1S/C19H20ClN3O2/c20-16-10-5-4-7-14(16)13-21-18(24)17-11-6-12-23(17)19(25)22-15-8-2-1-3-9-15/h1-5,7-10,17H,6,11-13H2,(H,21,24)(H,22,25)/t17-/m1/s1. The number of anilines is 1. The van der Waals surface area contributed by atoms with Crippen molar-refractivity contribution >= 4 is 29.2 Å². The number of urea groups is 1. The second-order valence-corrected chi connectivity index (χ2v) is 6.36. The van der Waals surface area contributed by atoms with E-state index in [1.807, 2.05) is 48.5 Å². The summed E-state index contributed by atoms with van der Waals surface area (Å²) >= 11 is 6.11. The maximum Gasteiger partial charge on any atom is 0.322 e. The lowest BCUT2D eigenvalue weighted by atomic mass is 10.2. The Morgan fingerprint density at radius 2 is 1.80 bits per heavy atom. The molecule has 0 aromatic heterocycles. The van der Waals surface area contributed by atoms with E-state index in [1.54, 1.807) is 11.0 Å². The fourth-order valence-corrected chi connectivity index (χ4v) is 3.14. The summed E-state index contributed by atoms with van der Waals surface area (Å²) in [7, 11) is 0. The third-order valence-electron chi connectivity index (χ3n) is 4.25. The van der Waals surface area contributed by atoms with Gasteiger partial charge in [-0.05, 0) is 36.6 Å². The molecule has 1 aliphatic heterocycles. The number of rotatable bonds is 4. The average molecular weight is 358 g/mol. The van der Waals surface area contributed by atoms with Crippen LogP contribution in [0.3, 0.4) is 0 Å². The Kier molecular flexibility index (Phi) is 5.56. The molecular weight excluding hydrogens is 338 g/mol. The van der Waals surface area contributed by atoms with Crippen molar-refractivity contribution in [2.24, 2.45) is 0 Å². The third-order valence-corrected chi connectivity index (χ3v) is 4.62. The summed E-state index contributed by atoms with van der Waals surface area (Å²) in [5.74, 6) is -0.152. The van der Waals surface area contributed by atoms with E-state index in [1.165, 1.54) is 0 Å². The molecule has 0 unspecified atom stereocenters. The number of carbonyl (C=O) groups is 2. The van der Waals surface area contributed by atoms with Gasteiger partial charge in [0.15, 0.2) is 0 Å². The van der Waals surface area contributed by atoms with Gasteiger partial charge in [0.25, 0.3) is 0 Å². The highest BCUT2D eigenvalue weighted by atomic mass is 35.5. The minimum Gasteiger partial charge on any atom is -0.350 e. The van der Waals surface area contributed by atoms with Gasteiger partial charge in [-0.1, -0.05) is 48.0 Å². The first-order valence-corrected chi connectivity index (χ1v) is 8.67. The molecule has 0 bridgehead atoms. The van der Waals surface area contributed by atoms with Crippen molar-refractivity contribution in [3.8, 4) is 0 Å². The maximum absolute atomic E-state index is 12.5. The number of carbonyl (C=O) groups excluding carboxylic acids is 2. The van der Waals surface area contributed by atoms with Crippen LogP contribution in [0.25, 0.3) is 0 Å². The summed E-state index contributed by atoms with van der Waals surface area (Å²) in [6.45, 7) is 0.923. The van der Waals surface area contributed by atoms with Crippen LogP contribution < -0.4 is 10.6 Å². The van der Waals surface area contributed by atoms with Crippen molar-refractivity contribution in [2.75, 3.05) is 11.9 Å². The van der Waals surface area contributed by atoms with Crippen LogP contribution in [0.5, 0.6) is 0 Å². The first-order valence-electron chi connectivity index (χ1n) is 8.29. The van der Waals surface area contributed by atoms with Crippen LogP contribution in [0, 0.1) is 0 Å². The van der Waals surface area contributed by atoms with Gasteiger partial charge in [0.05, 0.1) is 0 Å². The molecule has 5 nitrogen and oxygen atoms in total. The summed E-state index contributed by atoms with van der Waals surface area (Å²) in [5.41, 5.74) is 1.57. The molecule has 1 saturated heterocycles. The smallest absolute Gasteiger partial charge is 0.322 e. The Labute approximate surface area is 152 Å². The van der Waals surface area contributed by atoms with Crippen LogP contribution >= 0.6 is 11.6 Å². The quantitative estimate of drug-likeness (QED) is 0.877. The molecule has 0 aliphatic carbocycles. The summed E-state index contributed by atoms with van der Waals surface area (Å²) in [4.78, 5) is 26.6. The zero-order chi connectivity index (χ0) is 17.6. The molecule has 25 heavy (non-hydrogen) atoms. The van der Waals surface area contributed by atoms with Crippen LogP contribution in [0.1, 0.15) is 18.4 Å². The van der Waals surface area contributed by atoms with Gasteiger partial charge >= 0.3 is 6.03 Å². The van der Waals surface area contributed by atoms with Gasteiger partial charge in [-0.2, -0.15) is 0 Å². The number of nitrogens with zero attached hydrogens (tertiary/aromatic N) is 1. The maximum atomic E-state index is 12.5. The molecule has 0 saturated carbocycles. The summed E-state index contributed by atoms with van der Waals surface area (Å²) in [6, 6.07) is 15.9. The largest absolute Gasteiger partial charge is 0.350 e. The molecule has 2 aromatic rings. The number of nitrogens with one attached hydrogen (secondary N) is 2. The topological polar surface area (TPSA) is 61.4 Å². The lowest BCUT2D eigenvalue weighted by Crippen LogP contribution is -2.47. The number of hydrogen-bond donors (Lipinski definition) is 2. The molecule has 3 rings (SSSR count). The number of benzene rings is 2. The van der Waals surface area contributed by atoms with Crippen LogP contribution in [0.2, 0.25) is 5.02 Å². The molecule has 1 aliphatic rings. The molecule has 1 heterocycles. The highest BCUT2D eigenvalue weighted by Crippen LogP contribution is 2.20. The van der Waals surface area contributed by atoms with Crippen molar-refractivity contribution < 1.29 is 9.59 Å². The minimum atomic E-state index is -0.453. The fourth-order valence-electron chi connectivity index (χ4n) is 2.94. The first kappa shape index (κ1) is 17.3. The Morgan fingerprint density at radius 1 is 1.08 bits per heavy atom. The van der Waals surface area contributed by atoms with E-state index in [2.05, 4.69) is 10.6 Å². The summed E-state index contributed by atoms with van der Waals surface area (Å²) < 4.78 is 0. The molecule has 1 atom stereocenters. The van der Waals surface area contributed by atoms with Crippen molar-refractivity contribution in [3.63, 3.8) is 0 Å². The van der Waals surface area contributed by atoms with E-state index in [9.17, 15) is 9.59 Å². The number of amides is 3. The van der Waals surface area contributed by atoms with Gasteiger partial charge in [0, 0.05) is 23.8 Å². The third kappa shape index (κ3) is 4.31. The van der Waals surface area contributed by atoms with E-state index in [0.29, 0.717) is 24.5 Å². The molecule has 1 fully saturated rings. The zero-order valence-corrected chi connectivity index (χ0v) is 14.5. The van der Waals surface area contributed by atoms with Crippen molar-refractivity contribution in [2.45, 2.75) is 25.4 Å². The number of hydrogen-bond acceptors (Lipinski definition) is 2. The Bertz CT molecular complexity index is 751. The SMILES string of the molecule is O=C(NCc1ccccc1Cl)[C@H]1CCCN1C(=O)Nc1ccccc1. The van der Waals surface area contributed by atoms with E-state index >= 15 is 0 Å². The fraction of sp³-hybridized carbons (Fsp3) is 0.263. The molecule has 2 N–H and O–H groups in total. The Hall–Kier alpha value is -2.53.